The standard InChI is InChI=1S/C15H29N3O3/c1-15(2,3)12(8-10-21-4)18-14(20)17-11-7-5-6-9-16-13(11)19/h11-12H,5-10H2,1-4H3,(H,16,19)(H2,17,18,20)/t11-,12-/m1/s1. The van der Waals surface area contributed by atoms with E-state index in [1.165, 1.54) is 0 Å². The number of ether oxygens (including phenoxy) is 1. The molecule has 3 amide bonds. The molecule has 0 spiro atoms. The molecule has 0 aromatic rings. The second-order valence-corrected chi connectivity index (χ2v) is 6.66. The van der Waals surface area contributed by atoms with Crippen LogP contribution in [-0.4, -0.2) is 44.3 Å². The highest BCUT2D eigenvalue weighted by Gasteiger charge is 2.28. The third-order valence-corrected chi connectivity index (χ3v) is 3.80. The second kappa shape index (κ2) is 8.22. The lowest BCUT2D eigenvalue weighted by atomic mass is 9.85. The van der Waals surface area contributed by atoms with Gasteiger partial charge in [-0.1, -0.05) is 20.8 Å². The van der Waals surface area contributed by atoms with E-state index >= 15 is 0 Å². The minimum absolute atomic E-state index is 0.00807. The number of hydrogen-bond acceptors (Lipinski definition) is 3. The van der Waals surface area contributed by atoms with Crippen LogP contribution in [0.15, 0.2) is 0 Å². The highest BCUT2D eigenvalue weighted by Crippen LogP contribution is 2.21. The maximum absolute atomic E-state index is 12.1. The van der Waals surface area contributed by atoms with Crippen molar-refractivity contribution in [1.29, 1.82) is 0 Å². The lowest BCUT2D eigenvalue weighted by Gasteiger charge is -2.32. The van der Waals surface area contributed by atoms with Crippen LogP contribution < -0.4 is 16.0 Å². The first-order chi connectivity index (χ1) is 9.84. The Kier molecular flexibility index (Phi) is 6.95. The third kappa shape index (κ3) is 6.33. The molecule has 6 nitrogen and oxygen atoms in total. The summed E-state index contributed by atoms with van der Waals surface area (Å²) in [5.74, 6) is -0.0909. The zero-order valence-corrected chi connectivity index (χ0v) is 13.6. The van der Waals surface area contributed by atoms with Gasteiger partial charge in [0.05, 0.1) is 0 Å². The first-order valence-corrected chi connectivity index (χ1v) is 7.68. The number of hydrogen-bond donors (Lipinski definition) is 3. The molecule has 0 bridgehead atoms. The number of nitrogens with one attached hydrogen (secondary N) is 3. The lowest BCUT2D eigenvalue weighted by molar-refractivity contribution is -0.122. The number of amides is 3. The van der Waals surface area contributed by atoms with E-state index in [9.17, 15) is 9.59 Å². The van der Waals surface area contributed by atoms with E-state index in [0.29, 0.717) is 19.6 Å². The molecule has 6 heteroatoms. The van der Waals surface area contributed by atoms with Gasteiger partial charge < -0.3 is 20.7 Å². The topological polar surface area (TPSA) is 79.5 Å². The Morgan fingerprint density at radius 1 is 1.43 bits per heavy atom. The molecule has 0 saturated carbocycles. The van der Waals surface area contributed by atoms with Gasteiger partial charge in [0.2, 0.25) is 5.91 Å². The average molecular weight is 299 g/mol. The van der Waals surface area contributed by atoms with E-state index in [2.05, 4.69) is 36.7 Å². The molecule has 1 aliphatic heterocycles. The van der Waals surface area contributed by atoms with Gasteiger partial charge in [0.1, 0.15) is 6.04 Å². The number of carbonyl (C=O) groups excluding carboxylic acids is 2. The van der Waals surface area contributed by atoms with Gasteiger partial charge in [-0.3, -0.25) is 4.79 Å². The van der Waals surface area contributed by atoms with Crippen LogP contribution in [0.4, 0.5) is 4.79 Å². The van der Waals surface area contributed by atoms with Crippen molar-refractivity contribution in [2.45, 2.75) is 58.5 Å². The predicted molar refractivity (Wildman–Crippen MR) is 82.1 cm³/mol. The summed E-state index contributed by atoms with van der Waals surface area (Å²) in [6.45, 7) is 7.51. The molecule has 1 heterocycles. The number of methoxy groups -OCH3 is 1. The molecular formula is C15H29N3O3. The monoisotopic (exact) mass is 299 g/mol. The third-order valence-electron chi connectivity index (χ3n) is 3.80. The fourth-order valence-corrected chi connectivity index (χ4v) is 2.39. The van der Waals surface area contributed by atoms with Crippen LogP contribution in [0.25, 0.3) is 0 Å². The highest BCUT2D eigenvalue weighted by molar-refractivity contribution is 5.87. The Labute approximate surface area is 127 Å². The zero-order chi connectivity index (χ0) is 15.9. The van der Waals surface area contributed by atoms with E-state index in [4.69, 9.17) is 4.74 Å². The van der Waals surface area contributed by atoms with Crippen LogP contribution in [0.5, 0.6) is 0 Å². The molecule has 1 aliphatic rings. The summed E-state index contributed by atoms with van der Waals surface area (Å²) < 4.78 is 5.10. The fraction of sp³-hybridized carbons (Fsp3) is 0.867. The largest absolute Gasteiger partial charge is 0.385 e. The normalized spacial score (nSPS) is 21.1. The minimum Gasteiger partial charge on any atom is -0.385 e. The van der Waals surface area contributed by atoms with Gasteiger partial charge in [-0.2, -0.15) is 0 Å². The number of carbonyl (C=O) groups is 2. The van der Waals surface area contributed by atoms with Crippen molar-refractivity contribution in [3.8, 4) is 0 Å². The van der Waals surface area contributed by atoms with Crippen LogP contribution in [0.1, 0.15) is 46.5 Å². The van der Waals surface area contributed by atoms with Gasteiger partial charge in [0, 0.05) is 26.3 Å². The van der Waals surface area contributed by atoms with Crippen molar-refractivity contribution in [3.05, 3.63) is 0 Å². The Bertz CT molecular complexity index is 353. The molecule has 122 valence electrons. The van der Waals surface area contributed by atoms with Gasteiger partial charge in [0.15, 0.2) is 0 Å². The van der Waals surface area contributed by atoms with Crippen LogP contribution >= 0.6 is 0 Å². The molecule has 1 fully saturated rings. The van der Waals surface area contributed by atoms with Crippen LogP contribution in [0.2, 0.25) is 0 Å². The molecule has 0 unspecified atom stereocenters. The van der Waals surface area contributed by atoms with E-state index in [0.717, 1.165) is 19.3 Å². The van der Waals surface area contributed by atoms with E-state index in [1.807, 2.05) is 0 Å². The van der Waals surface area contributed by atoms with E-state index in [1.54, 1.807) is 7.11 Å². The molecule has 1 rings (SSSR count). The SMILES string of the molecule is COCC[C@@H](NC(=O)N[C@@H]1CCCCNC1=O)C(C)(C)C. The summed E-state index contributed by atoms with van der Waals surface area (Å²) >= 11 is 0. The molecule has 1 saturated heterocycles. The molecule has 0 aromatic heterocycles. The minimum atomic E-state index is -0.435. The van der Waals surface area contributed by atoms with Crippen molar-refractivity contribution >= 4 is 11.9 Å². The van der Waals surface area contributed by atoms with E-state index in [-0.39, 0.29) is 23.4 Å². The van der Waals surface area contributed by atoms with Crippen LogP contribution in [0.3, 0.4) is 0 Å². The smallest absolute Gasteiger partial charge is 0.315 e. The quantitative estimate of drug-likeness (QED) is 0.718. The van der Waals surface area contributed by atoms with Crippen molar-refractivity contribution < 1.29 is 14.3 Å². The van der Waals surface area contributed by atoms with Crippen LogP contribution in [-0.2, 0) is 9.53 Å². The second-order valence-electron chi connectivity index (χ2n) is 6.66. The van der Waals surface area contributed by atoms with Crippen molar-refractivity contribution in [1.82, 2.24) is 16.0 Å². The van der Waals surface area contributed by atoms with Crippen molar-refractivity contribution in [3.63, 3.8) is 0 Å². The summed E-state index contributed by atoms with van der Waals surface area (Å²) in [5, 5.41) is 8.57. The first kappa shape index (κ1) is 17.8. The molecule has 0 aromatic carbocycles. The van der Waals surface area contributed by atoms with Crippen molar-refractivity contribution in [2.75, 3.05) is 20.3 Å². The van der Waals surface area contributed by atoms with Crippen LogP contribution in [0, 0.1) is 5.41 Å². The highest BCUT2D eigenvalue weighted by atomic mass is 16.5. The molecule has 0 aliphatic carbocycles. The summed E-state index contributed by atoms with van der Waals surface area (Å²) in [6, 6.07) is -0.727. The Balaban J connectivity index is 2.54. The summed E-state index contributed by atoms with van der Waals surface area (Å²) in [6.07, 6.45) is 3.34. The summed E-state index contributed by atoms with van der Waals surface area (Å²) in [7, 11) is 1.65. The summed E-state index contributed by atoms with van der Waals surface area (Å²) in [4.78, 5) is 24.0. The molecule has 2 atom stereocenters. The average Bonchev–Trinajstić information content (AvgIpc) is 2.59. The molecule has 3 N–H and O–H groups in total. The predicted octanol–water partition coefficient (Wildman–Crippen LogP) is 1.41. The maximum Gasteiger partial charge on any atom is 0.315 e. The van der Waals surface area contributed by atoms with Gasteiger partial charge >= 0.3 is 6.03 Å². The lowest BCUT2D eigenvalue weighted by Crippen LogP contribution is -2.53. The van der Waals surface area contributed by atoms with Crippen molar-refractivity contribution in [2.24, 2.45) is 5.41 Å². The van der Waals surface area contributed by atoms with E-state index < -0.39 is 6.04 Å². The van der Waals surface area contributed by atoms with Gasteiger partial charge in [-0.15, -0.1) is 0 Å². The fourth-order valence-electron chi connectivity index (χ4n) is 2.39. The van der Waals surface area contributed by atoms with Gasteiger partial charge in [-0.05, 0) is 31.1 Å². The molecule has 21 heavy (non-hydrogen) atoms. The molecule has 0 radical (unpaired) electrons. The Morgan fingerprint density at radius 2 is 2.14 bits per heavy atom. The Hall–Kier alpha value is -1.30. The molecular weight excluding hydrogens is 270 g/mol. The van der Waals surface area contributed by atoms with Gasteiger partial charge in [0.25, 0.3) is 0 Å². The number of urea groups is 1. The number of rotatable bonds is 5. The summed E-state index contributed by atoms with van der Waals surface area (Å²) in [5.41, 5.74) is -0.0679. The maximum atomic E-state index is 12.1. The zero-order valence-electron chi connectivity index (χ0n) is 13.6. The Morgan fingerprint density at radius 3 is 2.76 bits per heavy atom. The first-order valence-electron chi connectivity index (χ1n) is 7.68. The van der Waals surface area contributed by atoms with Gasteiger partial charge in [-0.25, -0.2) is 4.79 Å².